The number of ether oxygens (including phenoxy) is 1. The minimum atomic E-state index is -0.835. The summed E-state index contributed by atoms with van der Waals surface area (Å²) in [7, 11) is 5.25. The van der Waals surface area contributed by atoms with Crippen LogP contribution in [0.5, 0.6) is 0 Å². The highest BCUT2D eigenvalue weighted by Gasteiger charge is 2.36. The molecule has 1 heterocycles. The van der Waals surface area contributed by atoms with Gasteiger partial charge in [-0.2, -0.15) is 0 Å². The van der Waals surface area contributed by atoms with E-state index in [4.69, 9.17) is 9.84 Å². The Bertz CT molecular complexity index is 293. The van der Waals surface area contributed by atoms with E-state index in [1.54, 1.807) is 14.1 Å². The third kappa shape index (κ3) is 3.67. The number of nitrogens with zero attached hydrogens (tertiary/aromatic N) is 2. The summed E-state index contributed by atoms with van der Waals surface area (Å²) in [5, 5.41) is 9.02. The second-order valence-corrected chi connectivity index (χ2v) is 4.57. The molecule has 0 saturated carbocycles. The number of hydrogen-bond donors (Lipinski definition) is 1. The molecule has 0 spiro atoms. The fraction of sp³-hybridized carbons (Fsp3) is 0.818. The molecule has 1 saturated heterocycles. The van der Waals surface area contributed by atoms with E-state index in [1.165, 1.54) is 4.90 Å². The summed E-state index contributed by atoms with van der Waals surface area (Å²) in [5.74, 6) is -1.28. The number of amides is 1. The Morgan fingerprint density at radius 1 is 1.29 bits per heavy atom. The summed E-state index contributed by atoms with van der Waals surface area (Å²) in [6, 6.07) is -0.137. The number of carboxylic acid groups (broad SMARTS) is 1. The average molecular weight is 244 g/mol. The molecule has 1 fully saturated rings. The van der Waals surface area contributed by atoms with E-state index in [0.717, 1.165) is 0 Å². The Morgan fingerprint density at radius 3 is 2.47 bits per heavy atom. The maximum Gasteiger partial charge on any atom is 0.310 e. The Balaban J connectivity index is 2.44. The van der Waals surface area contributed by atoms with Crippen LogP contribution in [-0.2, 0) is 14.3 Å². The SMILES string of the molecule is CN(C)C(=O)CCN(C)C1COCC1C(=O)O. The van der Waals surface area contributed by atoms with Crippen molar-refractivity contribution in [1.29, 1.82) is 0 Å². The molecule has 0 aromatic rings. The Kier molecular flexibility index (Phi) is 4.89. The first-order chi connectivity index (χ1) is 7.93. The summed E-state index contributed by atoms with van der Waals surface area (Å²) in [6.07, 6.45) is 0.395. The second-order valence-electron chi connectivity index (χ2n) is 4.57. The first kappa shape index (κ1) is 13.9. The molecule has 0 radical (unpaired) electrons. The first-order valence-corrected chi connectivity index (χ1v) is 5.64. The third-order valence-corrected chi connectivity index (χ3v) is 3.11. The minimum Gasteiger partial charge on any atom is -0.481 e. The zero-order valence-electron chi connectivity index (χ0n) is 10.5. The molecule has 1 amide bonds. The predicted molar refractivity (Wildman–Crippen MR) is 61.7 cm³/mol. The molecular weight excluding hydrogens is 224 g/mol. The van der Waals surface area contributed by atoms with Crippen molar-refractivity contribution in [2.24, 2.45) is 5.92 Å². The smallest absolute Gasteiger partial charge is 0.310 e. The number of carboxylic acids is 1. The van der Waals surface area contributed by atoms with E-state index >= 15 is 0 Å². The molecule has 1 aliphatic rings. The fourth-order valence-corrected chi connectivity index (χ4v) is 1.87. The summed E-state index contributed by atoms with van der Waals surface area (Å²) < 4.78 is 5.19. The van der Waals surface area contributed by atoms with Gasteiger partial charge in [0.2, 0.25) is 5.91 Å². The van der Waals surface area contributed by atoms with Gasteiger partial charge >= 0.3 is 5.97 Å². The minimum absolute atomic E-state index is 0.0441. The standard InChI is InChI=1S/C11H20N2O4/c1-12(2)10(14)4-5-13(3)9-7-17-6-8(9)11(15)16/h8-9H,4-7H2,1-3H3,(H,15,16). The highest BCUT2D eigenvalue weighted by Crippen LogP contribution is 2.19. The van der Waals surface area contributed by atoms with E-state index in [0.29, 0.717) is 19.6 Å². The van der Waals surface area contributed by atoms with Crippen LogP contribution in [0.15, 0.2) is 0 Å². The van der Waals surface area contributed by atoms with Gasteiger partial charge in [0.1, 0.15) is 0 Å². The van der Waals surface area contributed by atoms with Crippen LogP contribution in [0.4, 0.5) is 0 Å². The number of carbonyl (C=O) groups excluding carboxylic acids is 1. The monoisotopic (exact) mass is 244 g/mol. The summed E-state index contributed by atoms with van der Waals surface area (Å²) in [4.78, 5) is 25.8. The van der Waals surface area contributed by atoms with Gasteiger partial charge in [-0.3, -0.25) is 14.5 Å². The molecule has 0 bridgehead atoms. The fourth-order valence-electron chi connectivity index (χ4n) is 1.87. The largest absolute Gasteiger partial charge is 0.481 e. The van der Waals surface area contributed by atoms with Crippen LogP contribution in [0.3, 0.4) is 0 Å². The molecule has 1 N–H and O–H groups in total. The molecule has 1 aliphatic heterocycles. The van der Waals surface area contributed by atoms with Crippen molar-refractivity contribution in [2.45, 2.75) is 12.5 Å². The van der Waals surface area contributed by atoms with E-state index < -0.39 is 11.9 Å². The van der Waals surface area contributed by atoms with Gasteiger partial charge in [-0.15, -0.1) is 0 Å². The van der Waals surface area contributed by atoms with E-state index in [1.807, 2.05) is 11.9 Å². The van der Waals surface area contributed by atoms with Crippen LogP contribution in [-0.4, -0.2) is 73.7 Å². The third-order valence-electron chi connectivity index (χ3n) is 3.11. The van der Waals surface area contributed by atoms with Gasteiger partial charge in [0.15, 0.2) is 0 Å². The number of carbonyl (C=O) groups is 2. The quantitative estimate of drug-likeness (QED) is 0.706. The van der Waals surface area contributed by atoms with Crippen LogP contribution in [0, 0.1) is 5.92 Å². The van der Waals surface area contributed by atoms with Crippen LogP contribution >= 0.6 is 0 Å². The van der Waals surface area contributed by atoms with Crippen molar-refractivity contribution in [3.05, 3.63) is 0 Å². The number of likely N-dealkylation sites (N-methyl/N-ethyl adjacent to an activating group) is 1. The van der Waals surface area contributed by atoms with Gasteiger partial charge in [0.05, 0.1) is 19.1 Å². The molecule has 0 aliphatic carbocycles. The molecule has 17 heavy (non-hydrogen) atoms. The second kappa shape index (κ2) is 5.97. The zero-order chi connectivity index (χ0) is 13.0. The van der Waals surface area contributed by atoms with Gasteiger partial charge in [-0.25, -0.2) is 0 Å². The molecule has 1 rings (SSSR count). The summed E-state index contributed by atoms with van der Waals surface area (Å²) in [6.45, 7) is 1.23. The highest BCUT2D eigenvalue weighted by molar-refractivity contribution is 5.75. The van der Waals surface area contributed by atoms with Crippen LogP contribution in [0.2, 0.25) is 0 Å². The highest BCUT2D eigenvalue weighted by atomic mass is 16.5. The summed E-state index contributed by atoms with van der Waals surface area (Å²) >= 11 is 0. The lowest BCUT2D eigenvalue weighted by atomic mass is 10.0. The average Bonchev–Trinajstić information content (AvgIpc) is 2.73. The maximum absolute atomic E-state index is 11.4. The topological polar surface area (TPSA) is 70.1 Å². The van der Waals surface area contributed by atoms with Crippen molar-refractivity contribution >= 4 is 11.9 Å². The number of rotatable bonds is 5. The van der Waals surface area contributed by atoms with E-state index in [2.05, 4.69) is 0 Å². The molecule has 2 atom stereocenters. The number of hydrogen-bond acceptors (Lipinski definition) is 4. The van der Waals surface area contributed by atoms with Crippen LogP contribution < -0.4 is 0 Å². The van der Waals surface area contributed by atoms with Gasteiger partial charge in [0.25, 0.3) is 0 Å². The lowest BCUT2D eigenvalue weighted by Gasteiger charge is -2.26. The van der Waals surface area contributed by atoms with E-state index in [9.17, 15) is 9.59 Å². The Labute approximate surface area is 101 Å². The normalized spacial score (nSPS) is 24.0. The van der Waals surface area contributed by atoms with Crippen molar-refractivity contribution in [3.8, 4) is 0 Å². The lowest BCUT2D eigenvalue weighted by molar-refractivity contribution is -0.143. The molecule has 6 nitrogen and oxygen atoms in total. The molecular formula is C11H20N2O4. The van der Waals surface area contributed by atoms with Crippen LogP contribution in [0.1, 0.15) is 6.42 Å². The number of aliphatic carboxylic acids is 1. The molecule has 2 unspecified atom stereocenters. The maximum atomic E-state index is 11.4. The van der Waals surface area contributed by atoms with Crippen molar-refractivity contribution in [3.63, 3.8) is 0 Å². The Morgan fingerprint density at radius 2 is 1.94 bits per heavy atom. The molecule has 0 aromatic carbocycles. The van der Waals surface area contributed by atoms with Crippen LogP contribution in [0.25, 0.3) is 0 Å². The molecule has 0 aromatic heterocycles. The molecule has 98 valence electrons. The summed E-state index contributed by atoms with van der Waals surface area (Å²) in [5.41, 5.74) is 0. The van der Waals surface area contributed by atoms with Crippen molar-refractivity contribution in [1.82, 2.24) is 9.80 Å². The zero-order valence-corrected chi connectivity index (χ0v) is 10.5. The Hall–Kier alpha value is -1.14. The van der Waals surface area contributed by atoms with Crippen molar-refractivity contribution in [2.75, 3.05) is 40.9 Å². The van der Waals surface area contributed by atoms with Gasteiger partial charge in [-0.05, 0) is 7.05 Å². The van der Waals surface area contributed by atoms with Gasteiger partial charge in [0, 0.05) is 33.1 Å². The lowest BCUT2D eigenvalue weighted by Crippen LogP contribution is -2.42. The van der Waals surface area contributed by atoms with Gasteiger partial charge in [-0.1, -0.05) is 0 Å². The van der Waals surface area contributed by atoms with E-state index in [-0.39, 0.29) is 18.6 Å². The van der Waals surface area contributed by atoms with Crippen molar-refractivity contribution < 1.29 is 19.4 Å². The van der Waals surface area contributed by atoms with Gasteiger partial charge < -0.3 is 14.7 Å². The predicted octanol–water partition coefficient (Wildman–Crippen LogP) is -0.504. The first-order valence-electron chi connectivity index (χ1n) is 5.64. The molecule has 6 heteroatoms.